The van der Waals surface area contributed by atoms with E-state index in [0.717, 1.165) is 0 Å². The summed E-state index contributed by atoms with van der Waals surface area (Å²) in [6, 6.07) is 0. The zero-order chi connectivity index (χ0) is 12.7. The van der Waals surface area contributed by atoms with Crippen molar-refractivity contribution in [1.82, 2.24) is 15.3 Å². The molecule has 0 aromatic carbocycles. The molecule has 0 saturated heterocycles. The van der Waals surface area contributed by atoms with Gasteiger partial charge < -0.3 is 10.6 Å². The second-order valence-corrected chi connectivity index (χ2v) is 4.49. The molecule has 0 unspecified atom stereocenters. The molecule has 1 heterocycles. The van der Waals surface area contributed by atoms with Crippen molar-refractivity contribution < 1.29 is 4.79 Å². The van der Waals surface area contributed by atoms with Gasteiger partial charge in [0, 0.05) is 19.5 Å². The first-order chi connectivity index (χ1) is 8.08. The lowest BCUT2D eigenvalue weighted by Crippen LogP contribution is -2.28. The van der Waals surface area contributed by atoms with Gasteiger partial charge in [-0.2, -0.15) is 0 Å². The Kier molecular flexibility index (Phi) is 5.69. The van der Waals surface area contributed by atoms with Gasteiger partial charge >= 0.3 is 0 Å². The van der Waals surface area contributed by atoms with Gasteiger partial charge in [0.15, 0.2) is 0 Å². The fourth-order valence-corrected chi connectivity index (χ4v) is 1.29. The van der Waals surface area contributed by atoms with Gasteiger partial charge in [-0.25, -0.2) is 4.98 Å². The lowest BCUT2D eigenvalue weighted by Gasteiger charge is -2.08. The summed E-state index contributed by atoms with van der Waals surface area (Å²) in [6.45, 7) is 5.33. The van der Waals surface area contributed by atoms with Crippen molar-refractivity contribution in [2.75, 3.05) is 18.4 Å². The predicted octanol–water partition coefficient (Wildman–Crippen LogP) is 1.70. The number of carbonyl (C=O) groups is 1. The minimum absolute atomic E-state index is 0.0289. The molecule has 17 heavy (non-hydrogen) atoms. The Morgan fingerprint density at radius 2 is 2.24 bits per heavy atom. The molecule has 0 radical (unpaired) electrons. The van der Waals surface area contributed by atoms with E-state index in [1.165, 1.54) is 6.20 Å². The largest absolute Gasteiger partial charge is 0.368 e. The quantitative estimate of drug-likeness (QED) is 0.813. The standard InChI is InChI=1S/C11H17ClN4O/c1-8(2)5-15-11(17)3-4-14-10-7-13-6-9(12)16-10/h6-8H,3-5H2,1-2H3,(H,14,16)(H,15,17). The minimum Gasteiger partial charge on any atom is -0.368 e. The highest BCUT2D eigenvalue weighted by atomic mass is 35.5. The van der Waals surface area contributed by atoms with E-state index >= 15 is 0 Å². The van der Waals surface area contributed by atoms with Crippen molar-refractivity contribution in [3.63, 3.8) is 0 Å². The smallest absolute Gasteiger partial charge is 0.221 e. The molecule has 1 rings (SSSR count). The summed E-state index contributed by atoms with van der Waals surface area (Å²) in [5, 5.41) is 6.16. The molecule has 1 amide bonds. The SMILES string of the molecule is CC(C)CNC(=O)CCNc1cncc(Cl)n1. The van der Waals surface area contributed by atoms with Crippen LogP contribution in [0.3, 0.4) is 0 Å². The number of rotatable bonds is 6. The third kappa shape index (κ3) is 6.06. The van der Waals surface area contributed by atoms with Gasteiger partial charge in [0.1, 0.15) is 11.0 Å². The first-order valence-corrected chi connectivity index (χ1v) is 5.94. The maximum Gasteiger partial charge on any atom is 0.221 e. The zero-order valence-corrected chi connectivity index (χ0v) is 10.8. The number of amides is 1. The highest BCUT2D eigenvalue weighted by Crippen LogP contribution is 2.06. The first kappa shape index (κ1) is 13.7. The molecule has 6 heteroatoms. The van der Waals surface area contributed by atoms with Gasteiger partial charge in [0.2, 0.25) is 5.91 Å². The molecular formula is C11H17ClN4O. The summed E-state index contributed by atoms with van der Waals surface area (Å²) < 4.78 is 0. The Hall–Kier alpha value is -1.36. The summed E-state index contributed by atoms with van der Waals surface area (Å²) in [6.07, 6.45) is 3.43. The van der Waals surface area contributed by atoms with Gasteiger partial charge in [0.25, 0.3) is 0 Å². The second kappa shape index (κ2) is 7.06. The van der Waals surface area contributed by atoms with Crippen LogP contribution in [0.4, 0.5) is 5.82 Å². The monoisotopic (exact) mass is 256 g/mol. The number of nitrogens with zero attached hydrogens (tertiary/aromatic N) is 2. The Morgan fingerprint density at radius 1 is 1.47 bits per heavy atom. The number of nitrogens with one attached hydrogen (secondary N) is 2. The molecule has 1 aromatic rings. The third-order valence-corrected chi connectivity index (χ3v) is 2.15. The van der Waals surface area contributed by atoms with Crippen LogP contribution in [0.25, 0.3) is 0 Å². The van der Waals surface area contributed by atoms with Crippen LogP contribution in [0, 0.1) is 5.92 Å². The van der Waals surface area contributed by atoms with E-state index in [4.69, 9.17) is 11.6 Å². The van der Waals surface area contributed by atoms with Crippen LogP contribution in [-0.2, 0) is 4.79 Å². The lowest BCUT2D eigenvalue weighted by atomic mass is 10.2. The van der Waals surface area contributed by atoms with Crippen molar-refractivity contribution in [3.05, 3.63) is 17.5 Å². The first-order valence-electron chi connectivity index (χ1n) is 5.56. The third-order valence-electron chi connectivity index (χ3n) is 1.97. The van der Waals surface area contributed by atoms with E-state index < -0.39 is 0 Å². The molecule has 0 atom stereocenters. The zero-order valence-electron chi connectivity index (χ0n) is 10.0. The molecule has 0 bridgehead atoms. The highest BCUT2D eigenvalue weighted by molar-refractivity contribution is 6.29. The average Bonchev–Trinajstić information content (AvgIpc) is 2.26. The minimum atomic E-state index is 0.0289. The number of hydrogen-bond acceptors (Lipinski definition) is 4. The Bertz CT molecular complexity index is 370. The Morgan fingerprint density at radius 3 is 2.88 bits per heavy atom. The molecule has 0 saturated carbocycles. The van der Waals surface area contributed by atoms with Crippen molar-refractivity contribution in [1.29, 1.82) is 0 Å². The molecule has 2 N–H and O–H groups in total. The van der Waals surface area contributed by atoms with Gasteiger partial charge in [-0.05, 0) is 5.92 Å². The fraction of sp³-hybridized carbons (Fsp3) is 0.545. The molecule has 0 aliphatic carbocycles. The number of halogens is 1. The van der Waals surface area contributed by atoms with E-state index in [-0.39, 0.29) is 5.91 Å². The van der Waals surface area contributed by atoms with Crippen LogP contribution >= 0.6 is 11.6 Å². The van der Waals surface area contributed by atoms with E-state index in [9.17, 15) is 4.79 Å². The molecule has 0 fully saturated rings. The molecular weight excluding hydrogens is 240 g/mol. The molecule has 94 valence electrons. The number of aromatic nitrogens is 2. The average molecular weight is 257 g/mol. The van der Waals surface area contributed by atoms with Crippen LogP contribution in [0.15, 0.2) is 12.4 Å². The van der Waals surface area contributed by atoms with Gasteiger partial charge in [-0.3, -0.25) is 9.78 Å². The normalized spacial score (nSPS) is 10.4. The lowest BCUT2D eigenvalue weighted by molar-refractivity contribution is -0.120. The van der Waals surface area contributed by atoms with Crippen molar-refractivity contribution in [2.45, 2.75) is 20.3 Å². The molecule has 0 aliphatic heterocycles. The van der Waals surface area contributed by atoms with Gasteiger partial charge in [0.05, 0.1) is 12.4 Å². The van der Waals surface area contributed by atoms with Crippen LogP contribution in [0.5, 0.6) is 0 Å². The van der Waals surface area contributed by atoms with Crippen LogP contribution in [0.2, 0.25) is 5.15 Å². The number of anilines is 1. The molecule has 1 aromatic heterocycles. The summed E-state index contributed by atoms with van der Waals surface area (Å²) in [5.74, 6) is 1.07. The Balaban J connectivity index is 2.21. The van der Waals surface area contributed by atoms with Crippen LogP contribution < -0.4 is 10.6 Å². The topological polar surface area (TPSA) is 66.9 Å². The molecule has 0 spiro atoms. The molecule has 5 nitrogen and oxygen atoms in total. The summed E-state index contributed by atoms with van der Waals surface area (Å²) in [4.78, 5) is 19.3. The van der Waals surface area contributed by atoms with Crippen LogP contribution in [-0.4, -0.2) is 29.0 Å². The van der Waals surface area contributed by atoms with Crippen LogP contribution in [0.1, 0.15) is 20.3 Å². The highest BCUT2D eigenvalue weighted by Gasteiger charge is 2.02. The summed E-state index contributed by atoms with van der Waals surface area (Å²) in [7, 11) is 0. The Labute approximate surface area is 106 Å². The van der Waals surface area contributed by atoms with Crippen molar-refractivity contribution in [2.24, 2.45) is 5.92 Å². The van der Waals surface area contributed by atoms with E-state index in [1.54, 1.807) is 6.20 Å². The summed E-state index contributed by atoms with van der Waals surface area (Å²) >= 11 is 5.68. The van der Waals surface area contributed by atoms with Gasteiger partial charge in [-0.1, -0.05) is 25.4 Å². The van der Waals surface area contributed by atoms with Gasteiger partial charge in [-0.15, -0.1) is 0 Å². The van der Waals surface area contributed by atoms with E-state index in [0.29, 0.717) is 36.4 Å². The van der Waals surface area contributed by atoms with Crippen molar-refractivity contribution in [3.8, 4) is 0 Å². The number of hydrogen-bond donors (Lipinski definition) is 2. The number of carbonyl (C=O) groups excluding carboxylic acids is 1. The van der Waals surface area contributed by atoms with E-state index in [1.807, 2.05) is 0 Å². The maximum absolute atomic E-state index is 11.4. The fourth-order valence-electron chi connectivity index (χ4n) is 1.14. The maximum atomic E-state index is 11.4. The van der Waals surface area contributed by atoms with E-state index in [2.05, 4.69) is 34.4 Å². The van der Waals surface area contributed by atoms with Crippen molar-refractivity contribution >= 4 is 23.3 Å². The predicted molar refractivity (Wildman–Crippen MR) is 68.0 cm³/mol. The molecule has 0 aliphatic rings. The second-order valence-electron chi connectivity index (χ2n) is 4.10. The summed E-state index contributed by atoms with van der Waals surface area (Å²) in [5.41, 5.74) is 0.